The first-order valence-electron chi connectivity index (χ1n) is 7.47. The van der Waals surface area contributed by atoms with Crippen molar-refractivity contribution in [3.8, 4) is 0 Å². The second-order valence-corrected chi connectivity index (χ2v) is 6.50. The van der Waals surface area contributed by atoms with Gasteiger partial charge in [0.25, 0.3) is 0 Å². The molecule has 5 nitrogen and oxygen atoms in total. The molecule has 1 saturated heterocycles. The van der Waals surface area contributed by atoms with Crippen LogP contribution < -0.4 is 10.6 Å². The molecule has 1 atom stereocenters. The molecule has 1 aromatic heterocycles. The second kappa shape index (κ2) is 7.37. The fraction of sp³-hybridized carbons (Fsp3) is 0.467. The summed E-state index contributed by atoms with van der Waals surface area (Å²) in [6, 6.07) is 10.6. The molecule has 2 heterocycles. The molecule has 2 N–H and O–H groups in total. The number of rotatable bonds is 5. The van der Waals surface area contributed by atoms with E-state index in [1.165, 1.54) is 17.3 Å². The van der Waals surface area contributed by atoms with Crippen molar-refractivity contribution < 1.29 is 0 Å². The van der Waals surface area contributed by atoms with E-state index in [1.807, 2.05) is 6.07 Å². The molecule has 1 aromatic carbocycles. The molecule has 0 spiro atoms. The summed E-state index contributed by atoms with van der Waals surface area (Å²) in [5.74, 6) is 0.819. The lowest BCUT2D eigenvalue weighted by atomic mass is 10.1. The Morgan fingerprint density at radius 3 is 2.50 bits per heavy atom. The van der Waals surface area contributed by atoms with Crippen LogP contribution in [-0.2, 0) is 6.42 Å². The lowest BCUT2D eigenvalue weighted by molar-refractivity contribution is 0.241. The van der Waals surface area contributed by atoms with Crippen molar-refractivity contribution in [2.75, 3.05) is 37.6 Å². The molecule has 1 aliphatic rings. The van der Waals surface area contributed by atoms with E-state index in [4.69, 9.17) is 17.3 Å². The summed E-state index contributed by atoms with van der Waals surface area (Å²) < 4.78 is 8.29. The average Bonchev–Trinajstić information content (AvgIpc) is 2.95. The molecule has 2 aromatic rings. The molecule has 0 aliphatic carbocycles. The Hall–Kier alpha value is -1.21. The van der Waals surface area contributed by atoms with E-state index in [-0.39, 0.29) is 6.04 Å². The maximum atomic E-state index is 6.29. The number of nitrogens with zero attached hydrogens (tertiary/aromatic N) is 4. The van der Waals surface area contributed by atoms with Crippen LogP contribution in [0.25, 0.3) is 0 Å². The molecule has 0 saturated carbocycles. The van der Waals surface area contributed by atoms with Gasteiger partial charge in [-0.25, -0.2) is 0 Å². The predicted molar refractivity (Wildman–Crippen MR) is 91.7 cm³/mol. The third-order valence-corrected chi connectivity index (χ3v) is 4.81. The average molecular weight is 338 g/mol. The van der Waals surface area contributed by atoms with Crippen LogP contribution in [0, 0.1) is 0 Å². The largest absolute Gasteiger partial charge is 0.351 e. The van der Waals surface area contributed by atoms with E-state index < -0.39 is 0 Å². The normalized spacial score (nSPS) is 17.6. The van der Waals surface area contributed by atoms with E-state index >= 15 is 0 Å². The van der Waals surface area contributed by atoms with Crippen LogP contribution in [-0.4, -0.2) is 52.4 Å². The van der Waals surface area contributed by atoms with Crippen LogP contribution in [0.4, 0.5) is 5.82 Å². The molecule has 0 bridgehead atoms. The zero-order chi connectivity index (χ0) is 15.4. The molecule has 22 heavy (non-hydrogen) atoms. The number of anilines is 1. The lowest BCUT2D eigenvalue weighted by Gasteiger charge is -2.35. The molecule has 0 radical (unpaired) electrons. The van der Waals surface area contributed by atoms with Crippen LogP contribution in [0.3, 0.4) is 0 Å². The maximum absolute atomic E-state index is 6.29. The monoisotopic (exact) mass is 337 g/mol. The van der Waals surface area contributed by atoms with Crippen LogP contribution in [0.15, 0.2) is 30.3 Å². The lowest BCUT2D eigenvalue weighted by Crippen LogP contribution is -2.50. The summed E-state index contributed by atoms with van der Waals surface area (Å²) in [6.45, 7) is 4.73. The number of piperazine rings is 1. The van der Waals surface area contributed by atoms with E-state index in [9.17, 15) is 0 Å². The van der Waals surface area contributed by atoms with Gasteiger partial charge in [-0.05, 0) is 12.0 Å². The minimum absolute atomic E-state index is 0.165. The van der Waals surface area contributed by atoms with Crippen LogP contribution in [0.5, 0.6) is 0 Å². The van der Waals surface area contributed by atoms with Crippen molar-refractivity contribution in [2.24, 2.45) is 5.73 Å². The molecule has 0 unspecified atom stereocenters. The van der Waals surface area contributed by atoms with Crippen molar-refractivity contribution in [3.05, 3.63) is 41.0 Å². The molecule has 1 fully saturated rings. The predicted octanol–water partition coefficient (Wildman–Crippen LogP) is 1.88. The first-order chi connectivity index (χ1) is 10.7. The van der Waals surface area contributed by atoms with Crippen molar-refractivity contribution in [1.82, 2.24) is 13.6 Å². The third kappa shape index (κ3) is 3.95. The van der Waals surface area contributed by atoms with Crippen molar-refractivity contribution >= 4 is 29.1 Å². The van der Waals surface area contributed by atoms with Gasteiger partial charge in [0.1, 0.15) is 0 Å². The van der Waals surface area contributed by atoms with E-state index in [2.05, 4.69) is 42.8 Å². The summed E-state index contributed by atoms with van der Waals surface area (Å²) in [4.78, 5) is 4.61. The summed E-state index contributed by atoms with van der Waals surface area (Å²) in [5, 5.41) is 0.513. The van der Waals surface area contributed by atoms with Gasteiger partial charge in [0.2, 0.25) is 0 Å². The van der Waals surface area contributed by atoms with Gasteiger partial charge in [-0.2, -0.15) is 8.75 Å². The Balaban J connectivity index is 1.47. The maximum Gasteiger partial charge on any atom is 0.187 e. The molecule has 118 valence electrons. The highest BCUT2D eigenvalue weighted by molar-refractivity contribution is 6.99. The second-order valence-electron chi connectivity index (χ2n) is 5.62. The molecule has 1 aliphatic heterocycles. The molecular formula is C15H20ClN5S. The minimum atomic E-state index is 0.165. The Kier molecular flexibility index (Phi) is 5.25. The van der Waals surface area contributed by atoms with Gasteiger partial charge in [-0.1, -0.05) is 41.9 Å². The first kappa shape index (κ1) is 15.7. The number of aromatic nitrogens is 2. The smallest absolute Gasteiger partial charge is 0.187 e. The van der Waals surface area contributed by atoms with Gasteiger partial charge >= 0.3 is 0 Å². The Bertz CT molecular complexity index is 583. The van der Waals surface area contributed by atoms with Crippen molar-refractivity contribution in [3.63, 3.8) is 0 Å². The number of benzene rings is 1. The quantitative estimate of drug-likeness (QED) is 0.902. The van der Waals surface area contributed by atoms with Crippen LogP contribution >= 0.6 is 23.3 Å². The number of hydrogen-bond acceptors (Lipinski definition) is 6. The number of nitrogens with two attached hydrogens (primary N) is 1. The molecule has 0 amide bonds. The van der Waals surface area contributed by atoms with Gasteiger partial charge in [0.05, 0.1) is 11.7 Å². The number of hydrogen-bond donors (Lipinski definition) is 1. The highest BCUT2D eigenvalue weighted by atomic mass is 35.5. The van der Waals surface area contributed by atoms with Gasteiger partial charge < -0.3 is 10.6 Å². The standard InChI is InChI=1S/C15H20ClN5S/c16-14-15(19-22-18-14)21-8-6-20(7-9-21)11-13(17)10-12-4-2-1-3-5-12/h1-5,13H,6-11,17H2/t13-/m0/s1. The third-order valence-electron chi connectivity index (χ3n) is 3.94. The highest BCUT2D eigenvalue weighted by Gasteiger charge is 2.22. The zero-order valence-electron chi connectivity index (χ0n) is 12.4. The van der Waals surface area contributed by atoms with Gasteiger partial charge in [-0.15, -0.1) is 0 Å². The summed E-state index contributed by atoms with van der Waals surface area (Å²) in [5.41, 5.74) is 7.59. The van der Waals surface area contributed by atoms with E-state index in [1.54, 1.807) is 0 Å². The fourth-order valence-corrected chi connectivity index (χ4v) is 3.59. The molecule has 7 heteroatoms. The first-order valence-corrected chi connectivity index (χ1v) is 8.58. The summed E-state index contributed by atoms with van der Waals surface area (Å²) in [7, 11) is 0. The number of halogens is 1. The van der Waals surface area contributed by atoms with Crippen LogP contribution in [0.1, 0.15) is 5.56 Å². The summed E-state index contributed by atoms with van der Waals surface area (Å²) >= 11 is 7.21. The topological polar surface area (TPSA) is 58.3 Å². The van der Waals surface area contributed by atoms with Crippen molar-refractivity contribution in [2.45, 2.75) is 12.5 Å². The SMILES string of the molecule is N[C@@H](Cc1ccccc1)CN1CCN(c2nsnc2Cl)CC1. The fourth-order valence-electron chi connectivity index (χ4n) is 2.82. The van der Waals surface area contributed by atoms with Gasteiger partial charge in [-0.3, -0.25) is 4.90 Å². The molecular weight excluding hydrogens is 318 g/mol. The van der Waals surface area contributed by atoms with E-state index in [0.717, 1.165) is 45.0 Å². The Labute approximate surface area is 140 Å². The van der Waals surface area contributed by atoms with Crippen molar-refractivity contribution in [1.29, 1.82) is 0 Å². The zero-order valence-corrected chi connectivity index (χ0v) is 13.9. The molecule has 3 rings (SSSR count). The van der Waals surface area contributed by atoms with Gasteiger partial charge in [0.15, 0.2) is 11.0 Å². The van der Waals surface area contributed by atoms with Gasteiger partial charge in [0, 0.05) is 38.8 Å². The highest BCUT2D eigenvalue weighted by Crippen LogP contribution is 2.23. The minimum Gasteiger partial charge on any atom is -0.351 e. The summed E-state index contributed by atoms with van der Waals surface area (Å²) in [6.07, 6.45) is 0.920. The Morgan fingerprint density at radius 1 is 1.14 bits per heavy atom. The Morgan fingerprint density at radius 2 is 1.86 bits per heavy atom. The van der Waals surface area contributed by atoms with E-state index in [0.29, 0.717) is 5.15 Å². The van der Waals surface area contributed by atoms with Crippen LogP contribution in [0.2, 0.25) is 5.15 Å².